The van der Waals surface area contributed by atoms with E-state index >= 15 is 0 Å². The predicted octanol–water partition coefficient (Wildman–Crippen LogP) is 5.58. The summed E-state index contributed by atoms with van der Waals surface area (Å²) < 4.78 is 7.95. The van der Waals surface area contributed by atoms with E-state index in [-0.39, 0.29) is 0 Å². The first-order valence-electron chi connectivity index (χ1n) is 9.46. The van der Waals surface area contributed by atoms with Crippen molar-refractivity contribution in [3.63, 3.8) is 0 Å². The minimum Gasteiger partial charge on any atom is -0.493 e. The van der Waals surface area contributed by atoms with Crippen molar-refractivity contribution in [1.82, 2.24) is 14.5 Å². The molecular weight excluding hydrogens is 418 g/mol. The zero-order valence-electron chi connectivity index (χ0n) is 16.1. The summed E-state index contributed by atoms with van der Waals surface area (Å²) in [7, 11) is 0. The van der Waals surface area contributed by atoms with Crippen molar-refractivity contribution >= 4 is 34.3 Å². The number of hydrogen-bond acceptors (Lipinski definition) is 6. The van der Waals surface area contributed by atoms with Crippen LogP contribution in [0.1, 0.15) is 12.0 Å². The number of anilines is 1. The summed E-state index contributed by atoms with van der Waals surface area (Å²) in [6.07, 6.45) is 8.07. The van der Waals surface area contributed by atoms with Gasteiger partial charge in [0.15, 0.2) is 0 Å². The van der Waals surface area contributed by atoms with Gasteiger partial charge in [-0.25, -0.2) is 9.97 Å². The molecule has 8 heteroatoms. The van der Waals surface area contributed by atoms with Crippen molar-refractivity contribution < 1.29 is 4.74 Å². The molecule has 0 unspecified atom stereocenters. The second kappa shape index (κ2) is 10.0. The maximum Gasteiger partial charge on any atom is 0.203 e. The van der Waals surface area contributed by atoms with Gasteiger partial charge in [0.1, 0.15) is 5.75 Å². The summed E-state index contributed by atoms with van der Waals surface area (Å²) in [6.45, 7) is 1.44. The van der Waals surface area contributed by atoms with Crippen LogP contribution in [-0.2, 0) is 6.54 Å². The fourth-order valence-corrected chi connectivity index (χ4v) is 3.67. The monoisotopic (exact) mass is 437 g/mol. The van der Waals surface area contributed by atoms with E-state index in [0.29, 0.717) is 11.6 Å². The Kier molecular flexibility index (Phi) is 6.74. The molecule has 152 valence electrons. The number of benzene rings is 2. The molecule has 0 bridgehead atoms. The van der Waals surface area contributed by atoms with Gasteiger partial charge in [0, 0.05) is 40.5 Å². The van der Waals surface area contributed by atoms with E-state index in [1.807, 2.05) is 64.7 Å². The van der Waals surface area contributed by atoms with Crippen LogP contribution in [0.15, 0.2) is 77.7 Å². The largest absolute Gasteiger partial charge is 0.493 e. The Labute approximate surface area is 183 Å². The molecule has 30 heavy (non-hydrogen) atoms. The van der Waals surface area contributed by atoms with E-state index in [2.05, 4.69) is 20.5 Å². The lowest BCUT2D eigenvalue weighted by Gasteiger charge is -2.09. The second-order valence-corrected chi connectivity index (χ2v) is 7.75. The number of halogens is 1. The molecule has 0 spiro atoms. The standard InChI is InChI=1S/C22H20ClN5OS/c23-19-7-8-21(29-12-4-10-28-11-9-24-16-28)18(13-19)14-25-27-22-26-20(15-30-22)17-5-2-1-3-6-17/h1-3,5-9,11,13-16H,4,10,12H2,(H,26,27). The number of rotatable bonds is 9. The third-order valence-corrected chi connectivity index (χ3v) is 5.27. The summed E-state index contributed by atoms with van der Waals surface area (Å²) in [5.41, 5.74) is 5.78. The normalized spacial score (nSPS) is 11.1. The molecule has 2 aromatic heterocycles. The Morgan fingerprint density at radius 1 is 1.20 bits per heavy atom. The van der Waals surface area contributed by atoms with Crippen LogP contribution >= 0.6 is 22.9 Å². The molecule has 0 aliphatic heterocycles. The van der Waals surface area contributed by atoms with Gasteiger partial charge >= 0.3 is 0 Å². The van der Waals surface area contributed by atoms with E-state index < -0.39 is 0 Å². The van der Waals surface area contributed by atoms with Crippen molar-refractivity contribution in [3.05, 3.63) is 83.2 Å². The second-order valence-electron chi connectivity index (χ2n) is 6.46. The number of hydrazone groups is 1. The maximum absolute atomic E-state index is 6.15. The van der Waals surface area contributed by atoms with E-state index in [1.165, 1.54) is 11.3 Å². The summed E-state index contributed by atoms with van der Waals surface area (Å²) in [4.78, 5) is 8.60. The molecule has 4 aromatic rings. The molecule has 0 amide bonds. The van der Waals surface area contributed by atoms with E-state index in [1.54, 1.807) is 18.7 Å². The average Bonchev–Trinajstić information content (AvgIpc) is 3.45. The summed E-state index contributed by atoms with van der Waals surface area (Å²) in [6, 6.07) is 15.5. The van der Waals surface area contributed by atoms with Crippen LogP contribution in [0.5, 0.6) is 5.75 Å². The average molecular weight is 438 g/mol. The van der Waals surface area contributed by atoms with Crippen molar-refractivity contribution in [2.75, 3.05) is 12.0 Å². The van der Waals surface area contributed by atoms with Gasteiger partial charge in [0.25, 0.3) is 0 Å². The van der Waals surface area contributed by atoms with Crippen molar-refractivity contribution in [1.29, 1.82) is 0 Å². The molecule has 0 aliphatic rings. The summed E-state index contributed by atoms with van der Waals surface area (Å²) in [5.74, 6) is 0.736. The Hall–Kier alpha value is -3.16. The van der Waals surface area contributed by atoms with Crippen LogP contribution in [0.25, 0.3) is 11.3 Å². The molecule has 4 rings (SSSR count). The minimum atomic E-state index is 0.584. The van der Waals surface area contributed by atoms with Gasteiger partial charge in [-0.05, 0) is 24.6 Å². The Bertz CT molecular complexity index is 1100. The fourth-order valence-electron chi connectivity index (χ4n) is 2.82. The lowest BCUT2D eigenvalue weighted by Crippen LogP contribution is -2.04. The SMILES string of the molecule is Clc1ccc(OCCCn2ccnc2)c(C=NNc2nc(-c3ccccc3)cs2)c1. The minimum absolute atomic E-state index is 0.584. The van der Waals surface area contributed by atoms with Gasteiger partial charge in [-0.3, -0.25) is 5.43 Å². The highest BCUT2D eigenvalue weighted by Crippen LogP contribution is 2.25. The van der Waals surface area contributed by atoms with Gasteiger partial charge in [0.05, 0.1) is 24.8 Å². The Balaban J connectivity index is 1.36. The molecule has 6 nitrogen and oxygen atoms in total. The van der Waals surface area contributed by atoms with E-state index in [4.69, 9.17) is 16.3 Å². The molecular formula is C22H20ClN5OS. The van der Waals surface area contributed by atoms with Crippen molar-refractivity contribution in [2.45, 2.75) is 13.0 Å². The lowest BCUT2D eigenvalue weighted by molar-refractivity contribution is 0.301. The number of nitrogens with one attached hydrogen (secondary N) is 1. The van der Waals surface area contributed by atoms with Gasteiger partial charge in [0.2, 0.25) is 5.13 Å². The maximum atomic E-state index is 6.15. The number of aryl methyl sites for hydroxylation is 1. The number of nitrogens with zero attached hydrogens (tertiary/aromatic N) is 4. The first-order valence-corrected chi connectivity index (χ1v) is 10.7. The van der Waals surface area contributed by atoms with Gasteiger partial charge < -0.3 is 9.30 Å². The quantitative estimate of drug-likeness (QED) is 0.211. The van der Waals surface area contributed by atoms with Crippen LogP contribution in [0.4, 0.5) is 5.13 Å². The highest BCUT2D eigenvalue weighted by molar-refractivity contribution is 7.14. The van der Waals surface area contributed by atoms with Gasteiger partial charge in [-0.1, -0.05) is 41.9 Å². The first-order chi connectivity index (χ1) is 14.8. The number of hydrogen-bond donors (Lipinski definition) is 1. The summed E-state index contributed by atoms with van der Waals surface area (Å²) >= 11 is 7.66. The Morgan fingerprint density at radius 3 is 2.93 bits per heavy atom. The van der Waals surface area contributed by atoms with Gasteiger partial charge in [-0.15, -0.1) is 11.3 Å². The number of imidazole rings is 1. The highest BCUT2D eigenvalue weighted by Gasteiger charge is 2.05. The van der Waals surface area contributed by atoms with Crippen LogP contribution in [-0.4, -0.2) is 27.4 Å². The van der Waals surface area contributed by atoms with Crippen LogP contribution in [0.2, 0.25) is 5.02 Å². The van der Waals surface area contributed by atoms with E-state index in [0.717, 1.165) is 40.7 Å². The third-order valence-electron chi connectivity index (χ3n) is 4.29. The number of aromatic nitrogens is 3. The molecule has 1 N–H and O–H groups in total. The highest BCUT2D eigenvalue weighted by atomic mass is 35.5. The molecule has 0 aliphatic carbocycles. The van der Waals surface area contributed by atoms with Crippen molar-refractivity contribution in [3.8, 4) is 17.0 Å². The zero-order valence-corrected chi connectivity index (χ0v) is 17.7. The number of thiazole rings is 1. The molecule has 0 radical (unpaired) electrons. The van der Waals surface area contributed by atoms with Gasteiger partial charge in [-0.2, -0.15) is 5.10 Å². The first kappa shape index (κ1) is 20.1. The van der Waals surface area contributed by atoms with E-state index in [9.17, 15) is 0 Å². The van der Waals surface area contributed by atoms with Crippen molar-refractivity contribution in [2.24, 2.45) is 5.10 Å². The number of ether oxygens (including phenoxy) is 1. The molecule has 0 saturated heterocycles. The predicted molar refractivity (Wildman–Crippen MR) is 123 cm³/mol. The smallest absolute Gasteiger partial charge is 0.203 e. The van der Waals surface area contributed by atoms with Crippen LogP contribution in [0, 0.1) is 0 Å². The molecule has 2 heterocycles. The molecule has 0 fully saturated rings. The van der Waals surface area contributed by atoms with Crippen LogP contribution in [0.3, 0.4) is 0 Å². The zero-order chi connectivity index (χ0) is 20.6. The molecule has 2 aromatic carbocycles. The third kappa shape index (κ3) is 5.46. The Morgan fingerprint density at radius 2 is 2.10 bits per heavy atom. The topological polar surface area (TPSA) is 64.3 Å². The van der Waals surface area contributed by atoms with Crippen LogP contribution < -0.4 is 10.2 Å². The lowest BCUT2D eigenvalue weighted by atomic mass is 10.2. The molecule has 0 saturated carbocycles. The molecule has 0 atom stereocenters. The fraction of sp³-hybridized carbons (Fsp3) is 0.136. The summed E-state index contributed by atoms with van der Waals surface area (Å²) in [5, 5.41) is 7.66.